The highest BCUT2D eigenvalue weighted by Crippen LogP contribution is 2.23. The average Bonchev–Trinajstić information content (AvgIpc) is 2.40. The Morgan fingerprint density at radius 2 is 1.94 bits per heavy atom. The normalized spacial score (nSPS) is 16.3. The van der Waals surface area contributed by atoms with Crippen molar-refractivity contribution in [2.24, 2.45) is 5.92 Å². The van der Waals surface area contributed by atoms with Crippen molar-refractivity contribution in [3.63, 3.8) is 0 Å². The van der Waals surface area contributed by atoms with Crippen molar-refractivity contribution in [3.05, 3.63) is 29.8 Å². The minimum absolute atomic E-state index is 0.712. The van der Waals surface area contributed by atoms with Crippen LogP contribution in [0.15, 0.2) is 24.3 Å². The summed E-state index contributed by atoms with van der Waals surface area (Å²) in [5, 5.41) is 3.55. The Morgan fingerprint density at radius 1 is 1.22 bits per heavy atom. The minimum Gasteiger partial charge on any atom is -0.370 e. The summed E-state index contributed by atoms with van der Waals surface area (Å²) in [6, 6.07) is 8.82. The van der Waals surface area contributed by atoms with Crippen molar-refractivity contribution >= 4 is 17.4 Å². The van der Waals surface area contributed by atoms with Crippen LogP contribution < -0.4 is 10.2 Å². The van der Waals surface area contributed by atoms with Crippen LogP contribution in [0.5, 0.6) is 0 Å². The van der Waals surface area contributed by atoms with Crippen LogP contribution in [0.25, 0.3) is 0 Å². The zero-order valence-electron chi connectivity index (χ0n) is 11.5. The Kier molecular flexibility index (Phi) is 5.39. The van der Waals surface area contributed by atoms with E-state index in [1.54, 1.807) is 0 Å². The Morgan fingerprint density at radius 3 is 2.67 bits per heavy atom. The fourth-order valence-corrected chi connectivity index (χ4v) is 3.17. The van der Waals surface area contributed by atoms with Gasteiger partial charge in [-0.1, -0.05) is 32.0 Å². The minimum atomic E-state index is 0.712. The third-order valence-electron chi connectivity index (χ3n) is 3.21. The SMILES string of the molecule is CC(C)CNCc1ccccc1N1CCSCC1. The molecule has 18 heavy (non-hydrogen) atoms. The molecular weight excluding hydrogens is 240 g/mol. The first-order valence-electron chi connectivity index (χ1n) is 6.88. The van der Waals surface area contributed by atoms with Crippen LogP contribution in [0.4, 0.5) is 5.69 Å². The third kappa shape index (κ3) is 3.92. The van der Waals surface area contributed by atoms with Crippen molar-refractivity contribution in [2.75, 3.05) is 36.0 Å². The van der Waals surface area contributed by atoms with Gasteiger partial charge in [0.15, 0.2) is 0 Å². The molecule has 0 radical (unpaired) electrons. The number of hydrogen-bond donors (Lipinski definition) is 1. The summed E-state index contributed by atoms with van der Waals surface area (Å²) in [4.78, 5) is 2.53. The van der Waals surface area contributed by atoms with E-state index < -0.39 is 0 Å². The lowest BCUT2D eigenvalue weighted by molar-refractivity contribution is 0.552. The van der Waals surface area contributed by atoms with Crippen molar-refractivity contribution in [1.29, 1.82) is 0 Å². The zero-order valence-corrected chi connectivity index (χ0v) is 12.3. The summed E-state index contributed by atoms with van der Waals surface area (Å²) in [6.45, 7) is 8.95. The van der Waals surface area contributed by atoms with E-state index in [1.807, 2.05) is 0 Å². The van der Waals surface area contributed by atoms with Gasteiger partial charge in [0.05, 0.1) is 0 Å². The fourth-order valence-electron chi connectivity index (χ4n) is 2.27. The molecule has 1 heterocycles. The standard InChI is InChI=1S/C15H24N2S/c1-13(2)11-16-12-14-5-3-4-6-15(14)17-7-9-18-10-8-17/h3-6,13,16H,7-12H2,1-2H3. The number of rotatable bonds is 5. The molecule has 0 unspecified atom stereocenters. The van der Waals surface area contributed by atoms with Gasteiger partial charge in [0.25, 0.3) is 0 Å². The highest BCUT2D eigenvalue weighted by Gasteiger charge is 2.13. The molecular formula is C15H24N2S. The quantitative estimate of drug-likeness (QED) is 0.880. The summed E-state index contributed by atoms with van der Waals surface area (Å²) in [5.41, 5.74) is 2.86. The molecule has 1 saturated heterocycles. The largest absolute Gasteiger partial charge is 0.370 e. The summed E-state index contributed by atoms with van der Waals surface area (Å²) >= 11 is 2.06. The monoisotopic (exact) mass is 264 g/mol. The molecule has 0 aliphatic carbocycles. The highest BCUT2D eigenvalue weighted by atomic mass is 32.2. The average molecular weight is 264 g/mol. The number of thioether (sulfide) groups is 1. The predicted molar refractivity (Wildman–Crippen MR) is 82.5 cm³/mol. The van der Waals surface area contributed by atoms with Crippen molar-refractivity contribution in [2.45, 2.75) is 20.4 Å². The lowest BCUT2D eigenvalue weighted by Gasteiger charge is -2.30. The Bertz CT molecular complexity index is 359. The van der Waals surface area contributed by atoms with Crippen LogP contribution in [0.2, 0.25) is 0 Å². The molecule has 1 N–H and O–H groups in total. The summed E-state index contributed by atoms with van der Waals surface area (Å²) in [5.74, 6) is 3.23. The number of benzene rings is 1. The summed E-state index contributed by atoms with van der Waals surface area (Å²) < 4.78 is 0. The van der Waals surface area contributed by atoms with Gasteiger partial charge in [0.2, 0.25) is 0 Å². The highest BCUT2D eigenvalue weighted by molar-refractivity contribution is 7.99. The van der Waals surface area contributed by atoms with Gasteiger partial charge in [-0.3, -0.25) is 0 Å². The molecule has 2 nitrogen and oxygen atoms in total. The second kappa shape index (κ2) is 7.05. The number of para-hydroxylation sites is 1. The smallest absolute Gasteiger partial charge is 0.0412 e. The fraction of sp³-hybridized carbons (Fsp3) is 0.600. The Labute approximate surface area is 115 Å². The van der Waals surface area contributed by atoms with Gasteiger partial charge in [-0.25, -0.2) is 0 Å². The topological polar surface area (TPSA) is 15.3 Å². The lowest BCUT2D eigenvalue weighted by Crippen LogP contribution is -2.33. The Balaban J connectivity index is 2.00. The first-order chi connectivity index (χ1) is 8.77. The molecule has 1 fully saturated rings. The molecule has 0 aromatic heterocycles. The molecule has 1 aliphatic rings. The molecule has 0 bridgehead atoms. The van der Waals surface area contributed by atoms with E-state index in [1.165, 1.54) is 35.8 Å². The second-order valence-electron chi connectivity index (χ2n) is 5.25. The molecule has 0 atom stereocenters. The van der Waals surface area contributed by atoms with Crippen LogP contribution in [0.1, 0.15) is 19.4 Å². The summed E-state index contributed by atoms with van der Waals surface area (Å²) in [7, 11) is 0. The Hall–Kier alpha value is -0.670. The maximum absolute atomic E-state index is 3.55. The third-order valence-corrected chi connectivity index (χ3v) is 4.15. The molecule has 2 rings (SSSR count). The molecule has 3 heteroatoms. The van der Waals surface area contributed by atoms with E-state index in [0.717, 1.165) is 13.1 Å². The van der Waals surface area contributed by atoms with Gasteiger partial charge < -0.3 is 10.2 Å². The van der Waals surface area contributed by atoms with E-state index >= 15 is 0 Å². The first kappa shape index (κ1) is 13.8. The molecule has 1 aromatic carbocycles. The van der Waals surface area contributed by atoms with Crippen LogP contribution in [0.3, 0.4) is 0 Å². The predicted octanol–water partition coefficient (Wildman–Crippen LogP) is 2.99. The van der Waals surface area contributed by atoms with Crippen LogP contribution in [-0.4, -0.2) is 31.1 Å². The van der Waals surface area contributed by atoms with E-state index in [4.69, 9.17) is 0 Å². The lowest BCUT2D eigenvalue weighted by atomic mass is 10.1. The molecule has 1 aliphatic heterocycles. The van der Waals surface area contributed by atoms with Crippen LogP contribution in [0, 0.1) is 5.92 Å². The molecule has 0 spiro atoms. The van der Waals surface area contributed by atoms with Gasteiger partial charge in [0, 0.05) is 36.8 Å². The maximum atomic E-state index is 3.55. The number of anilines is 1. The van der Waals surface area contributed by atoms with Gasteiger partial charge in [0.1, 0.15) is 0 Å². The summed E-state index contributed by atoms with van der Waals surface area (Å²) in [6.07, 6.45) is 0. The number of nitrogens with one attached hydrogen (secondary N) is 1. The van der Waals surface area contributed by atoms with Crippen LogP contribution in [-0.2, 0) is 6.54 Å². The van der Waals surface area contributed by atoms with Crippen molar-refractivity contribution < 1.29 is 0 Å². The number of hydrogen-bond acceptors (Lipinski definition) is 3. The van der Waals surface area contributed by atoms with Crippen molar-refractivity contribution in [3.8, 4) is 0 Å². The van der Waals surface area contributed by atoms with E-state index in [-0.39, 0.29) is 0 Å². The molecule has 1 aromatic rings. The van der Waals surface area contributed by atoms with E-state index in [9.17, 15) is 0 Å². The van der Waals surface area contributed by atoms with Crippen molar-refractivity contribution in [1.82, 2.24) is 5.32 Å². The van der Waals surface area contributed by atoms with Crippen LogP contribution >= 0.6 is 11.8 Å². The van der Waals surface area contributed by atoms with Gasteiger partial charge in [-0.05, 0) is 24.1 Å². The molecule has 0 saturated carbocycles. The van der Waals surface area contributed by atoms with Gasteiger partial charge >= 0.3 is 0 Å². The van der Waals surface area contributed by atoms with Gasteiger partial charge in [-0.2, -0.15) is 11.8 Å². The van der Waals surface area contributed by atoms with E-state index in [2.05, 4.69) is 60.1 Å². The second-order valence-corrected chi connectivity index (χ2v) is 6.48. The van der Waals surface area contributed by atoms with Gasteiger partial charge in [-0.15, -0.1) is 0 Å². The number of nitrogens with zero attached hydrogens (tertiary/aromatic N) is 1. The maximum Gasteiger partial charge on any atom is 0.0412 e. The molecule has 0 amide bonds. The first-order valence-corrected chi connectivity index (χ1v) is 8.04. The van der Waals surface area contributed by atoms with E-state index in [0.29, 0.717) is 5.92 Å². The zero-order chi connectivity index (χ0) is 12.8. The molecule has 100 valence electrons.